The fraction of sp³-hybridized carbons (Fsp3) is 0.583. The van der Waals surface area contributed by atoms with Crippen LogP contribution < -0.4 is 0 Å². The van der Waals surface area contributed by atoms with E-state index in [1.165, 1.54) is 0 Å². The van der Waals surface area contributed by atoms with Gasteiger partial charge in [-0.2, -0.15) is 0 Å². The minimum Gasteiger partial charge on any atom is -0.481 e. The van der Waals surface area contributed by atoms with Gasteiger partial charge in [0.25, 0.3) is 0 Å². The van der Waals surface area contributed by atoms with Crippen LogP contribution in [0.4, 0.5) is 0 Å². The average molecular weight is 233 g/mol. The van der Waals surface area contributed by atoms with Gasteiger partial charge in [-0.25, -0.2) is 0 Å². The Hall–Kier alpha value is -1.65. The van der Waals surface area contributed by atoms with Crippen molar-refractivity contribution in [3.8, 4) is 0 Å². The zero-order valence-corrected chi connectivity index (χ0v) is 9.54. The first-order valence-corrected chi connectivity index (χ1v) is 6.07. The summed E-state index contributed by atoms with van der Waals surface area (Å²) in [4.78, 5) is 11.3. The van der Waals surface area contributed by atoms with E-state index in [0.717, 1.165) is 37.5 Å². The van der Waals surface area contributed by atoms with E-state index in [2.05, 4.69) is 20.8 Å². The molecular formula is C12H15N3O2. The monoisotopic (exact) mass is 233 g/mol. The van der Waals surface area contributed by atoms with Gasteiger partial charge in [-0.3, -0.25) is 4.79 Å². The van der Waals surface area contributed by atoms with Crippen molar-refractivity contribution in [3.63, 3.8) is 0 Å². The van der Waals surface area contributed by atoms with Crippen LogP contribution in [-0.2, 0) is 17.8 Å². The Morgan fingerprint density at radius 3 is 3.00 bits per heavy atom. The van der Waals surface area contributed by atoms with Crippen LogP contribution in [0.15, 0.2) is 12.2 Å². The second-order valence-electron chi connectivity index (χ2n) is 4.72. The molecule has 5 nitrogen and oxygen atoms in total. The zero-order chi connectivity index (χ0) is 11.8. The van der Waals surface area contributed by atoms with Gasteiger partial charge < -0.3 is 9.67 Å². The molecule has 3 rings (SSSR count). The number of aryl methyl sites for hydroxylation is 1. The highest BCUT2D eigenvalue weighted by molar-refractivity contribution is 5.71. The standard InChI is InChI=1S/C12H15N3O2/c16-12(17)9-5-2-1-4-8(9)11-14-13-10-6-3-7-15(10)11/h1-2,8-9H,3-7H2,(H,16,17). The molecule has 1 aromatic heterocycles. The summed E-state index contributed by atoms with van der Waals surface area (Å²) in [6, 6.07) is 0. The van der Waals surface area contributed by atoms with Gasteiger partial charge in [-0.1, -0.05) is 12.2 Å². The Labute approximate surface area is 99.2 Å². The summed E-state index contributed by atoms with van der Waals surface area (Å²) in [6.45, 7) is 0.935. The number of carboxylic acids is 1. The minimum absolute atomic E-state index is 0.0168. The predicted octanol–water partition coefficient (Wildman–Crippen LogP) is 1.36. The third-order valence-electron chi connectivity index (χ3n) is 3.72. The summed E-state index contributed by atoms with van der Waals surface area (Å²) >= 11 is 0. The molecule has 1 aliphatic carbocycles. The molecule has 0 saturated heterocycles. The Morgan fingerprint density at radius 2 is 2.18 bits per heavy atom. The summed E-state index contributed by atoms with van der Waals surface area (Å²) in [5.74, 6) is 0.786. The van der Waals surface area contributed by atoms with Crippen molar-refractivity contribution in [2.24, 2.45) is 5.92 Å². The molecule has 0 bridgehead atoms. The maximum atomic E-state index is 11.3. The van der Waals surface area contributed by atoms with Crippen LogP contribution in [0.1, 0.15) is 36.8 Å². The Morgan fingerprint density at radius 1 is 1.35 bits per heavy atom. The molecule has 0 fully saturated rings. The number of allylic oxidation sites excluding steroid dienone is 2. The van der Waals surface area contributed by atoms with Crippen molar-refractivity contribution in [2.75, 3.05) is 0 Å². The first kappa shape index (κ1) is 10.5. The van der Waals surface area contributed by atoms with Gasteiger partial charge in [0.1, 0.15) is 11.6 Å². The van der Waals surface area contributed by atoms with E-state index in [1.807, 2.05) is 6.08 Å². The average Bonchev–Trinajstić information content (AvgIpc) is 2.90. The van der Waals surface area contributed by atoms with Crippen LogP contribution in [0.5, 0.6) is 0 Å². The van der Waals surface area contributed by atoms with Gasteiger partial charge in [0, 0.05) is 18.9 Å². The molecule has 1 aliphatic heterocycles. The van der Waals surface area contributed by atoms with Gasteiger partial charge in [0.2, 0.25) is 0 Å². The van der Waals surface area contributed by atoms with E-state index < -0.39 is 5.97 Å². The molecule has 0 amide bonds. The summed E-state index contributed by atoms with van der Waals surface area (Å²) < 4.78 is 2.11. The van der Waals surface area contributed by atoms with Crippen LogP contribution in [0.2, 0.25) is 0 Å². The first-order chi connectivity index (χ1) is 8.27. The van der Waals surface area contributed by atoms with Crippen LogP contribution in [0.3, 0.4) is 0 Å². The molecule has 2 atom stereocenters. The van der Waals surface area contributed by atoms with Crippen LogP contribution in [-0.4, -0.2) is 25.8 Å². The minimum atomic E-state index is -0.727. The quantitative estimate of drug-likeness (QED) is 0.783. The first-order valence-electron chi connectivity index (χ1n) is 6.07. The largest absolute Gasteiger partial charge is 0.481 e. The maximum absolute atomic E-state index is 11.3. The topological polar surface area (TPSA) is 68.0 Å². The Balaban J connectivity index is 1.96. The number of nitrogens with zero attached hydrogens (tertiary/aromatic N) is 3. The fourth-order valence-corrected chi connectivity index (χ4v) is 2.82. The molecule has 0 radical (unpaired) electrons. The van der Waals surface area contributed by atoms with Gasteiger partial charge in [0.15, 0.2) is 0 Å². The lowest BCUT2D eigenvalue weighted by molar-refractivity contribution is -0.142. The van der Waals surface area contributed by atoms with E-state index in [1.54, 1.807) is 0 Å². The third kappa shape index (κ3) is 1.66. The van der Waals surface area contributed by atoms with Crippen molar-refractivity contribution < 1.29 is 9.90 Å². The lowest BCUT2D eigenvalue weighted by Gasteiger charge is -2.24. The van der Waals surface area contributed by atoms with E-state index in [-0.39, 0.29) is 11.8 Å². The molecule has 1 aromatic rings. The number of hydrogen-bond donors (Lipinski definition) is 1. The van der Waals surface area contributed by atoms with Crippen LogP contribution in [0.25, 0.3) is 0 Å². The number of hydrogen-bond acceptors (Lipinski definition) is 3. The summed E-state index contributed by atoms with van der Waals surface area (Å²) in [7, 11) is 0. The Bertz CT molecular complexity index is 478. The lowest BCUT2D eigenvalue weighted by Crippen LogP contribution is -2.25. The van der Waals surface area contributed by atoms with Gasteiger partial charge in [-0.15, -0.1) is 10.2 Å². The van der Waals surface area contributed by atoms with Crippen LogP contribution >= 0.6 is 0 Å². The van der Waals surface area contributed by atoms with Crippen molar-refractivity contribution in [2.45, 2.75) is 38.1 Å². The molecular weight excluding hydrogens is 218 g/mol. The Kier molecular flexibility index (Phi) is 2.46. The van der Waals surface area contributed by atoms with Gasteiger partial charge in [-0.05, 0) is 19.3 Å². The summed E-state index contributed by atoms with van der Waals surface area (Å²) in [5.41, 5.74) is 0. The number of fused-ring (bicyclic) bond motifs is 1. The van der Waals surface area contributed by atoms with Gasteiger partial charge in [0.05, 0.1) is 5.92 Å². The zero-order valence-electron chi connectivity index (χ0n) is 9.54. The second kappa shape index (κ2) is 3.98. The smallest absolute Gasteiger partial charge is 0.307 e. The normalized spacial score (nSPS) is 27.1. The van der Waals surface area contributed by atoms with Crippen LogP contribution in [0, 0.1) is 5.92 Å². The molecule has 2 heterocycles. The number of carboxylic acid groups (broad SMARTS) is 1. The summed E-state index contributed by atoms with van der Waals surface area (Å²) in [5, 5.41) is 17.6. The van der Waals surface area contributed by atoms with Gasteiger partial charge >= 0.3 is 5.97 Å². The molecule has 0 saturated carbocycles. The predicted molar refractivity (Wildman–Crippen MR) is 60.6 cm³/mol. The van der Waals surface area contributed by atoms with Crippen molar-refractivity contribution >= 4 is 5.97 Å². The van der Waals surface area contributed by atoms with E-state index in [4.69, 9.17) is 0 Å². The molecule has 17 heavy (non-hydrogen) atoms. The van der Waals surface area contributed by atoms with Crippen molar-refractivity contribution in [1.82, 2.24) is 14.8 Å². The molecule has 90 valence electrons. The molecule has 2 unspecified atom stereocenters. The second-order valence-corrected chi connectivity index (χ2v) is 4.72. The van der Waals surface area contributed by atoms with E-state index in [9.17, 15) is 9.90 Å². The fourth-order valence-electron chi connectivity index (χ4n) is 2.82. The molecule has 1 N–H and O–H groups in total. The highest BCUT2D eigenvalue weighted by atomic mass is 16.4. The highest BCUT2D eigenvalue weighted by Gasteiger charge is 2.34. The number of carbonyl (C=O) groups is 1. The third-order valence-corrected chi connectivity index (χ3v) is 3.72. The lowest BCUT2D eigenvalue weighted by atomic mass is 9.82. The van der Waals surface area contributed by atoms with E-state index in [0.29, 0.717) is 6.42 Å². The number of rotatable bonds is 2. The molecule has 5 heteroatoms. The molecule has 0 aromatic carbocycles. The highest BCUT2D eigenvalue weighted by Crippen LogP contribution is 2.35. The maximum Gasteiger partial charge on any atom is 0.307 e. The van der Waals surface area contributed by atoms with E-state index >= 15 is 0 Å². The van der Waals surface area contributed by atoms with Crippen molar-refractivity contribution in [1.29, 1.82) is 0 Å². The molecule has 0 spiro atoms. The SMILES string of the molecule is O=C(O)C1CC=CCC1c1nnc2n1CCC2. The summed E-state index contributed by atoms with van der Waals surface area (Å²) in [6.07, 6.45) is 7.43. The number of aliphatic carboxylic acids is 1. The van der Waals surface area contributed by atoms with Crippen molar-refractivity contribution in [3.05, 3.63) is 23.8 Å². The molecule has 2 aliphatic rings. The number of aromatic nitrogens is 3.